The Morgan fingerprint density at radius 3 is 2.81 bits per heavy atom. The van der Waals surface area contributed by atoms with Gasteiger partial charge in [-0.3, -0.25) is 4.68 Å². The van der Waals surface area contributed by atoms with Gasteiger partial charge in [0.05, 0.1) is 11.4 Å². The second-order valence-electron chi connectivity index (χ2n) is 4.74. The highest BCUT2D eigenvalue weighted by Gasteiger charge is 2.36. The standard InChI is InChI=1S/C12H22N4/c1-4-6-9-11(13)12(16(3)15-9)14-10-7-8(10)5-2/h8,10,14H,4-7,13H2,1-3H3. The van der Waals surface area contributed by atoms with Crippen LogP contribution in [0.5, 0.6) is 0 Å². The first-order chi connectivity index (χ1) is 7.67. The highest BCUT2D eigenvalue weighted by atomic mass is 15.3. The topological polar surface area (TPSA) is 55.9 Å². The van der Waals surface area contributed by atoms with E-state index in [0.29, 0.717) is 6.04 Å². The molecule has 0 aliphatic heterocycles. The lowest BCUT2D eigenvalue weighted by atomic mass is 10.2. The van der Waals surface area contributed by atoms with Crippen LogP contribution in [-0.4, -0.2) is 15.8 Å². The molecule has 3 N–H and O–H groups in total. The summed E-state index contributed by atoms with van der Waals surface area (Å²) in [4.78, 5) is 0. The van der Waals surface area contributed by atoms with E-state index in [1.807, 2.05) is 11.7 Å². The molecule has 4 nitrogen and oxygen atoms in total. The zero-order chi connectivity index (χ0) is 11.7. The Morgan fingerprint density at radius 2 is 2.25 bits per heavy atom. The van der Waals surface area contributed by atoms with Crippen molar-refractivity contribution in [3.8, 4) is 0 Å². The van der Waals surface area contributed by atoms with E-state index in [1.54, 1.807) is 0 Å². The fraction of sp³-hybridized carbons (Fsp3) is 0.750. The van der Waals surface area contributed by atoms with Gasteiger partial charge in [-0.25, -0.2) is 0 Å². The van der Waals surface area contributed by atoms with Crippen molar-refractivity contribution in [2.24, 2.45) is 13.0 Å². The number of aromatic nitrogens is 2. The lowest BCUT2D eigenvalue weighted by Gasteiger charge is -2.06. The minimum atomic E-state index is 0.608. The van der Waals surface area contributed by atoms with E-state index in [-0.39, 0.29) is 0 Å². The van der Waals surface area contributed by atoms with Crippen LogP contribution in [0, 0.1) is 5.92 Å². The number of aryl methyl sites for hydroxylation is 2. The maximum absolute atomic E-state index is 6.11. The highest BCUT2D eigenvalue weighted by Crippen LogP contribution is 2.37. The van der Waals surface area contributed by atoms with Crippen molar-refractivity contribution in [1.29, 1.82) is 0 Å². The van der Waals surface area contributed by atoms with Gasteiger partial charge in [0, 0.05) is 13.1 Å². The summed E-state index contributed by atoms with van der Waals surface area (Å²) in [5, 5.41) is 7.97. The first-order valence-electron chi connectivity index (χ1n) is 6.25. The smallest absolute Gasteiger partial charge is 0.148 e. The molecule has 1 aromatic rings. The van der Waals surface area contributed by atoms with E-state index in [2.05, 4.69) is 24.3 Å². The second kappa shape index (κ2) is 4.36. The van der Waals surface area contributed by atoms with E-state index < -0.39 is 0 Å². The van der Waals surface area contributed by atoms with E-state index in [0.717, 1.165) is 36.0 Å². The molecule has 90 valence electrons. The minimum absolute atomic E-state index is 0.608. The van der Waals surface area contributed by atoms with Gasteiger partial charge in [-0.2, -0.15) is 5.10 Å². The number of nitrogens with one attached hydrogen (secondary N) is 1. The van der Waals surface area contributed by atoms with Crippen molar-refractivity contribution in [2.45, 2.75) is 45.6 Å². The molecule has 1 aliphatic carbocycles. The van der Waals surface area contributed by atoms with Gasteiger partial charge in [0.2, 0.25) is 0 Å². The molecule has 0 amide bonds. The Morgan fingerprint density at radius 1 is 1.50 bits per heavy atom. The Balaban J connectivity index is 2.08. The first-order valence-corrected chi connectivity index (χ1v) is 6.25. The van der Waals surface area contributed by atoms with Gasteiger partial charge in [-0.1, -0.05) is 26.7 Å². The summed E-state index contributed by atoms with van der Waals surface area (Å²) in [5.41, 5.74) is 7.98. The fourth-order valence-corrected chi connectivity index (χ4v) is 2.24. The maximum Gasteiger partial charge on any atom is 0.148 e. The molecule has 0 aromatic carbocycles. The lowest BCUT2D eigenvalue weighted by molar-refractivity contribution is 0.725. The molecule has 2 atom stereocenters. The van der Waals surface area contributed by atoms with Crippen molar-refractivity contribution in [2.75, 3.05) is 11.1 Å². The summed E-state index contributed by atoms with van der Waals surface area (Å²) in [7, 11) is 1.96. The molecule has 16 heavy (non-hydrogen) atoms. The van der Waals surface area contributed by atoms with Crippen molar-refractivity contribution in [1.82, 2.24) is 9.78 Å². The van der Waals surface area contributed by atoms with E-state index in [9.17, 15) is 0 Å². The summed E-state index contributed by atoms with van der Waals surface area (Å²) < 4.78 is 1.88. The van der Waals surface area contributed by atoms with Crippen molar-refractivity contribution >= 4 is 11.5 Å². The molecule has 0 saturated heterocycles. The number of hydrogen-bond acceptors (Lipinski definition) is 3. The summed E-state index contributed by atoms with van der Waals surface area (Å²) >= 11 is 0. The van der Waals surface area contributed by atoms with Crippen molar-refractivity contribution in [3.05, 3.63) is 5.69 Å². The molecule has 1 aliphatic rings. The van der Waals surface area contributed by atoms with Crippen LogP contribution >= 0.6 is 0 Å². The molecule has 2 rings (SSSR count). The van der Waals surface area contributed by atoms with Crippen LogP contribution in [0.25, 0.3) is 0 Å². The third-order valence-corrected chi connectivity index (χ3v) is 3.42. The minimum Gasteiger partial charge on any atom is -0.394 e. The van der Waals surface area contributed by atoms with E-state index >= 15 is 0 Å². The average Bonchev–Trinajstić information content (AvgIpc) is 2.97. The second-order valence-corrected chi connectivity index (χ2v) is 4.74. The molecule has 0 bridgehead atoms. The van der Waals surface area contributed by atoms with Gasteiger partial charge in [0.15, 0.2) is 0 Å². The van der Waals surface area contributed by atoms with Gasteiger partial charge in [-0.05, 0) is 18.8 Å². The zero-order valence-corrected chi connectivity index (χ0v) is 10.5. The normalized spacial score (nSPS) is 23.4. The summed E-state index contributed by atoms with van der Waals surface area (Å²) in [6.45, 7) is 4.39. The Labute approximate surface area is 97.2 Å². The number of hydrogen-bond donors (Lipinski definition) is 2. The van der Waals surface area contributed by atoms with E-state index in [4.69, 9.17) is 5.73 Å². The maximum atomic E-state index is 6.11. The largest absolute Gasteiger partial charge is 0.394 e. The van der Waals surface area contributed by atoms with Crippen LogP contribution < -0.4 is 11.1 Å². The Hall–Kier alpha value is -1.19. The molecular formula is C12H22N4. The third kappa shape index (κ3) is 2.01. The first kappa shape index (κ1) is 11.3. The molecule has 0 spiro atoms. The quantitative estimate of drug-likeness (QED) is 0.802. The third-order valence-electron chi connectivity index (χ3n) is 3.42. The fourth-order valence-electron chi connectivity index (χ4n) is 2.24. The summed E-state index contributed by atoms with van der Waals surface area (Å²) in [5.74, 6) is 1.83. The number of rotatable bonds is 5. The van der Waals surface area contributed by atoms with Crippen LogP contribution in [0.2, 0.25) is 0 Å². The monoisotopic (exact) mass is 222 g/mol. The number of nitrogen functional groups attached to an aromatic ring is 1. The molecule has 2 unspecified atom stereocenters. The van der Waals surface area contributed by atoms with Gasteiger partial charge in [0.1, 0.15) is 5.82 Å². The number of anilines is 2. The average molecular weight is 222 g/mol. The van der Waals surface area contributed by atoms with Crippen molar-refractivity contribution < 1.29 is 0 Å². The van der Waals surface area contributed by atoms with Gasteiger partial charge in [-0.15, -0.1) is 0 Å². The number of nitrogens with two attached hydrogens (primary N) is 1. The molecule has 1 saturated carbocycles. The molecule has 1 aromatic heterocycles. The van der Waals surface area contributed by atoms with Crippen LogP contribution in [0.1, 0.15) is 38.8 Å². The molecule has 0 radical (unpaired) electrons. The molecule has 1 fully saturated rings. The van der Waals surface area contributed by atoms with Crippen LogP contribution in [0.4, 0.5) is 11.5 Å². The summed E-state index contributed by atoms with van der Waals surface area (Å²) in [6.07, 6.45) is 4.56. The zero-order valence-electron chi connectivity index (χ0n) is 10.5. The molecule has 4 heteroatoms. The molecular weight excluding hydrogens is 200 g/mol. The lowest BCUT2D eigenvalue weighted by Crippen LogP contribution is -2.10. The van der Waals surface area contributed by atoms with E-state index in [1.165, 1.54) is 12.8 Å². The number of nitrogens with zero attached hydrogens (tertiary/aromatic N) is 2. The Bertz CT molecular complexity index is 369. The van der Waals surface area contributed by atoms with Gasteiger partial charge in [0.25, 0.3) is 0 Å². The SMILES string of the molecule is CCCc1nn(C)c(NC2CC2CC)c1N. The van der Waals surface area contributed by atoms with Gasteiger partial charge >= 0.3 is 0 Å². The highest BCUT2D eigenvalue weighted by molar-refractivity contribution is 5.65. The predicted molar refractivity (Wildman–Crippen MR) is 67.4 cm³/mol. The van der Waals surface area contributed by atoms with Gasteiger partial charge < -0.3 is 11.1 Å². The predicted octanol–water partition coefficient (Wildman–Crippen LogP) is 2.17. The Kier molecular flexibility index (Phi) is 3.08. The summed E-state index contributed by atoms with van der Waals surface area (Å²) in [6, 6.07) is 0.608. The van der Waals surface area contributed by atoms with Crippen LogP contribution in [0.15, 0.2) is 0 Å². The van der Waals surface area contributed by atoms with Crippen LogP contribution in [0.3, 0.4) is 0 Å². The molecule has 1 heterocycles. The van der Waals surface area contributed by atoms with Crippen LogP contribution in [-0.2, 0) is 13.5 Å². The van der Waals surface area contributed by atoms with Crippen molar-refractivity contribution in [3.63, 3.8) is 0 Å².